The molecule has 0 saturated carbocycles. The molecule has 0 aliphatic carbocycles. The van der Waals surface area contributed by atoms with Crippen molar-refractivity contribution in [3.63, 3.8) is 0 Å². The topological polar surface area (TPSA) is 29.5 Å². The van der Waals surface area contributed by atoms with E-state index in [4.69, 9.17) is 4.74 Å². The van der Waals surface area contributed by atoms with E-state index >= 15 is 0 Å². The molecule has 2 heterocycles. The monoisotopic (exact) mass is 343 g/mol. The van der Waals surface area contributed by atoms with Gasteiger partial charge < -0.3 is 4.74 Å². The standard InChI is InChI=1S/C22H33NO2/c1-4-5-11-17-13-21-19(15-22(24)25-3)18(14-20(17)23(21)2)12-16-9-7-6-8-10-16/h6-10,17-21H,4-5,11-15H2,1-3H3/t17-,18+,19+,20-,21-/m1/s1. The fourth-order valence-electron chi connectivity index (χ4n) is 5.35. The van der Waals surface area contributed by atoms with Gasteiger partial charge >= 0.3 is 5.97 Å². The molecular formula is C22H33NO2. The number of unbranched alkanes of at least 4 members (excludes halogenated alkanes) is 1. The highest BCUT2D eigenvalue weighted by Crippen LogP contribution is 2.48. The van der Waals surface area contributed by atoms with Gasteiger partial charge in [0.1, 0.15) is 0 Å². The molecule has 1 aromatic rings. The number of hydrogen-bond donors (Lipinski definition) is 0. The number of methoxy groups -OCH3 is 1. The van der Waals surface area contributed by atoms with Gasteiger partial charge in [-0.15, -0.1) is 0 Å². The van der Waals surface area contributed by atoms with Crippen LogP contribution in [0.1, 0.15) is 51.0 Å². The Morgan fingerprint density at radius 2 is 1.88 bits per heavy atom. The van der Waals surface area contributed by atoms with Crippen LogP contribution in [-0.2, 0) is 16.0 Å². The predicted octanol–water partition coefficient (Wildman–Crippen LogP) is 4.31. The van der Waals surface area contributed by atoms with Crippen LogP contribution in [0, 0.1) is 17.8 Å². The van der Waals surface area contributed by atoms with E-state index in [9.17, 15) is 4.79 Å². The maximum Gasteiger partial charge on any atom is 0.305 e. The summed E-state index contributed by atoms with van der Waals surface area (Å²) in [5, 5.41) is 0. The summed E-state index contributed by atoms with van der Waals surface area (Å²) in [5.41, 5.74) is 1.40. The zero-order valence-corrected chi connectivity index (χ0v) is 16.0. The summed E-state index contributed by atoms with van der Waals surface area (Å²) < 4.78 is 5.03. The summed E-state index contributed by atoms with van der Waals surface area (Å²) in [5.74, 6) is 1.75. The van der Waals surface area contributed by atoms with Crippen molar-refractivity contribution in [3.8, 4) is 0 Å². The molecule has 2 fully saturated rings. The molecular weight excluding hydrogens is 310 g/mol. The third-order valence-electron chi connectivity index (χ3n) is 6.68. The number of hydrogen-bond acceptors (Lipinski definition) is 3. The molecule has 0 spiro atoms. The highest BCUT2D eigenvalue weighted by atomic mass is 16.5. The van der Waals surface area contributed by atoms with Crippen molar-refractivity contribution in [1.82, 2.24) is 4.90 Å². The normalized spacial score (nSPS) is 31.9. The molecule has 0 aromatic heterocycles. The molecule has 5 atom stereocenters. The molecule has 2 saturated heterocycles. The van der Waals surface area contributed by atoms with Crippen LogP contribution in [0.5, 0.6) is 0 Å². The first-order chi connectivity index (χ1) is 12.1. The van der Waals surface area contributed by atoms with Gasteiger partial charge in [0, 0.05) is 12.1 Å². The van der Waals surface area contributed by atoms with Crippen LogP contribution in [0.4, 0.5) is 0 Å². The van der Waals surface area contributed by atoms with E-state index in [2.05, 4.69) is 49.2 Å². The number of nitrogens with zero attached hydrogens (tertiary/aromatic N) is 1. The highest BCUT2D eigenvalue weighted by Gasteiger charge is 2.50. The third-order valence-corrected chi connectivity index (χ3v) is 6.68. The lowest BCUT2D eigenvalue weighted by Crippen LogP contribution is -2.48. The van der Waals surface area contributed by atoms with Gasteiger partial charge in [-0.05, 0) is 56.0 Å². The smallest absolute Gasteiger partial charge is 0.305 e. The molecule has 0 N–H and O–H groups in total. The first kappa shape index (κ1) is 18.4. The molecule has 1 aromatic carbocycles. The average Bonchev–Trinajstić information content (AvgIpc) is 2.84. The number of carbonyl (C=O) groups excluding carboxylic acids is 1. The van der Waals surface area contributed by atoms with Crippen LogP contribution in [0.2, 0.25) is 0 Å². The van der Waals surface area contributed by atoms with E-state index in [1.54, 1.807) is 0 Å². The Balaban J connectivity index is 1.78. The Hall–Kier alpha value is -1.35. The van der Waals surface area contributed by atoms with Gasteiger partial charge in [-0.3, -0.25) is 9.69 Å². The molecule has 2 bridgehead atoms. The fourth-order valence-corrected chi connectivity index (χ4v) is 5.35. The van der Waals surface area contributed by atoms with E-state index in [1.165, 1.54) is 44.8 Å². The average molecular weight is 344 g/mol. The first-order valence-electron chi connectivity index (χ1n) is 9.96. The van der Waals surface area contributed by atoms with Crippen LogP contribution >= 0.6 is 0 Å². The lowest BCUT2D eigenvalue weighted by atomic mass is 9.75. The number of ether oxygens (including phenoxy) is 1. The Morgan fingerprint density at radius 1 is 1.16 bits per heavy atom. The number of carbonyl (C=O) groups is 1. The van der Waals surface area contributed by atoms with E-state index in [-0.39, 0.29) is 5.97 Å². The van der Waals surface area contributed by atoms with E-state index < -0.39 is 0 Å². The van der Waals surface area contributed by atoms with Crippen molar-refractivity contribution in [2.24, 2.45) is 17.8 Å². The Morgan fingerprint density at radius 3 is 2.56 bits per heavy atom. The van der Waals surface area contributed by atoms with Crippen molar-refractivity contribution in [1.29, 1.82) is 0 Å². The molecule has 3 nitrogen and oxygen atoms in total. The SMILES string of the molecule is CCCC[C@@H]1C[C@@H]2[C@@H](CC(=O)OC)[C@@H](Cc3ccccc3)C[C@H]1N2C. The van der Waals surface area contributed by atoms with E-state index in [0.717, 1.165) is 12.3 Å². The van der Waals surface area contributed by atoms with Crippen LogP contribution < -0.4 is 0 Å². The number of benzene rings is 1. The van der Waals surface area contributed by atoms with Gasteiger partial charge in [0.15, 0.2) is 0 Å². The minimum atomic E-state index is -0.0491. The molecule has 0 unspecified atom stereocenters. The van der Waals surface area contributed by atoms with Crippen LogP contribution in [0.25, 0.3) is 0 Å². The number of piperidine rings is 1. The van der Waals surface area contributed by atoms with Crippen molar-refractivity contribution in [2.75, 3.05) is 14.2 Å². The highest BCUT2D eigenvalue weighted by molar-refractivity contribution is 5.69. The van der Waals surface area contributed by atoms with Gasteiger partial charge in [0.2, 0.25) is 0 Å². The first-order valence-corrected chi connectivity index (χ1v) is 9.96. The van der Waals surface area contributed by atoms with Gasteiger partial charge in [-0.2, -0.15) is 0 Å². The molecule has 0 amide bonds. The lowest BCUT2D eigenvalue weighted by molar-refractivity contribution is -0.143. The Labute approximate surface area is 152 Å². The second-order valence-corrected chi connectivity index (χ2v) is 8.07. The molecule has 3 heteroatoms. The summed E-state index contributed by atoms with van der Waals surface area (Å²) in [6.07, 6.45) is 8.07. The summed E-state index contributed by atoms with van der Waals surface area (Å²) in [7, 11) is 3.80. The van der Waals surface area contributed by atoms with Gasteiger partial charge in [0.05, 0.1) is 13.5 Å². The summed E-state index contributed by atoms with van der Waals surface area (Å²) in [6, 6.07) is 12.0. The largest absolute Gasteiger partial charge is 0.469 e. The van der Waals surface area contributed by atoms with E-state index in [0.29, 0.717) is 30.3 Å². The maximum atomic E-state index is 12.1. The number of fused-ring (bicyclic) bond motifs is 2. The molecule has 3 rings (SSSR count). The predicted molar refractivity (Wildman–Crippen MR) is 101 cm³/mol. The summed E-state index contributed by atoms with van der Waals surface area (Å²) >= 11 is 0. The maximum absolute atomic E-state index is 12.1. The zero-order chi connectivity index (χ0) is 17.8. The quantitative estimate of drug-likeness (QED) is 0.691. The second-order valence-electron chi connectivity index (χ2n) is 8.07. The zero-order valence-electron chi connectivity index (χ0n) is 16.0. The van der Waals surface area contributed by atoms with Crippen molar-refractivity contribution in [2.45, 2.75) is 64.0 Å². The van der Waals surface area contributed by atoms with Crippen LogP contribution in [-0.4, -0.2) is 37.1 Å². The van der Waals surface area contributed by atoms with Gasteiger partial charge in [-0.1, -0.05) is 50.1 Å². The fraction of sp³-hybridized carbons (Fsp3) is 0.682. The van der Waals surface area contributed by atoms with Gasteiger partial charge in [0.25, 0.3) is 0 Å². The minimum absolute atomic E-state index is 0.0491. The molecule has 25 heavy (non-hydrogen) atoms. The van der Waals surface area contributed by atoms with Crippen molar-refractivity contribution in [3.05, 3.63) is 35.9 Å². The molecule has 138 valence electrons. The second kappa shape index (κ2) is 8.35. The third kappa shape index (κ3) is 4.08. The minimum Gasteiger partial charge on any atom is -0.469 e. The molecule has 2 aliphatic rings. The molecule has 2 aliphatic heterocycles. The number of esters is 1. The lowest BCUT2D eigenvalue weighted by Gasteiger charge is -2.43. The Kier molecular flexibility index (Phi) is 6.16. The summed E-state index contributed by atoms with van der Waals surface area (Å²) in [4.78, 5) is 14.7. The Bertz CT molecular complexity index is 558. The molecule has 0 radical (unpaired) electrons. The summed E-state index contributed by atoms with van der Waals surface area (Å²) in [6.45, 7) is 2.28. The van der Waals surface area contributed by atoms with Crippen molar-refractivity contribution < 1.29 is 9.53 Å². The van der Waals surface area contributed by atoms with Crippen molar-refractivity contribution >= 4 is 5.97 Å². The van der Waals surface area contributed by atoms with Crippen LogP contribution in [0.3, 0.4) is 0 Å². The number of rotatable bonds is 7. The van der Waals surface area contributed by atoms with Crippen LogP contribution in [0.15, 0.2) is 30.3 Å². The van der Waals surface area contributed by atoms with Gasteiger partial charge in [-0.25, -0.2) is 0 Å². The van der Waals surface area contributed by atoms with E-state index in [1.807, 2.05) is 0 Å².